The number of pyridine rings is 1. The fraction of sp³-hybridized carbons (Fsp3) is 0.538. The summed E-state index contributed by atoms with van der Waals surface area (Å²) in [6.07, 6.45) is 1.57. The number of hydrogen-bond acceptors (Lipinski definition) is 3. The number of likely N-dealkylation sites (N-methyl/N-ethyl adjacent to an activating group) is 1. The van der Waals surface area contributed by atoms with Crippen molar-refractivity contribution in [3.8, 4) is 0 Å². The third kappa shape index (κ3) is 2.65. The Morgan fingerprint density at radius 2 is 2.17 bits per heavy atom. The summed E-state index contributed by atoms with van der Waals surface area (Å²) >= 11 is 5.82. The molecule has 1 aromatic heterocycles. The first-order chi connectivity index (χ1) is 8.40. The second-order valence-electron chi connectivity index (χ2n) is 5.33. The van der Waals surface area contributed by atoms with Crippen molar-refractivity contribution in [1.29, 1.82) is 0 Å². The summed E-state index contributed by atoms with van der Waals surface area (Å²) in [4.78, 5) is 20.4. The summed E-state index contributed by atoms with van der Waals surface area (Å²) in [6, 6.07) is 3.33. The molecule has 1 aromatic rings. The maximum Gasteiger partial charge on any atom is 0.254 e. The highest BCUT2D eigenvalue weighted by Gasteiger charge is 2.33. The van der Waals surface area contributed by atoms with Gasteiger partial charge in [0.1, 0.15) is 5.15 Å². The molecule has 18 heavy (non-hydrogen) atoms. The Labute approximate surface area is 113 Å². The topological polar surface area (TPSA) is 36.4 Å². The number of hydrogen-bond donors (Lipinski definition) is 0. The third-order valence-electron chi connectivity index (χ3n) is 3.58. The average molecular weight is 268 g/mol. The molecule has 0 aromatic carbocycles. The monoisotopic (exact) mass is 267 g/mol. The van der Waals surface area contributed by atoms with Crippen LogP contribution >= 0.6 is 11.6 Å². The third-order valence-corrected chi connectivity index (χ3v) is 3.78. The van der Waals surface area contributed by atoms with Crippen LogP contribution in [-0.4, -0.2) is 52.9 Å². The predicted octanol–water partition coefficient (Wildman–Crippen LogP) is 1.90. The van der Waals surface area contributed by atoms with E-state index in [1.807, 2.05) is 4.90 Å². The van der Waals surface area contributed by atoms with E-state index in [2.05, 4.69) is 30.8 Å². The Balaban J connectivity index is 2.15. The number of halogens is 1. The van der Waals surface area contributed by atoms with Gasteiger partial charge in [-0.25, -0.2) is 4.98 Å². The highest BCUT2D eigenvalue weighted by Crippen LogP contribution is 2.20. The zero-order valence-electron chi connectivity index (χ0n) is 11.0. The summed E-state index contributed by atoms with van der Waals surface area (Å²) < 4.78 is 0. The van der Waals surface area contributed by atoms with Crippen LogP contribution in [-0.2, 0) is 0 Å². The molecule has 2 heterocycles. The summed E-state index contributed by atoms with van der Waals surface area (Å²) in [5.74, 6) is 0.0282. The molecule has 0 atom stereocenters. The van der Waals surface area contributed by atoms with E-state index in [4.69, 9.17) is 11.6 Å². The van der Waals surface area contributed by atoms with Crippen molar-refractivity contribution in [3.63, 3.8) is 0 Å². The lowest BCUT2D eigenvalue weighted by Crippen LogP contribution is -2.58. The van der Waals surface area contributed by atoms with Crippen molar-refractivity contribution in [2.75, 3.05) is 26.7 Å². The maximum absolute atomic E-state index is 12.4. The Bertz CT molecular complexity index is 461. The van der Waals surface area contributed by atoms with Gasteiger partial charge in [0.05, 0.1) is 0 Å². The molecule has 4 nitrogen and oxygen atoms in total. The summed E-state index contributed by atoms with van der Waals surface area (Å²) in [7, 11) is 2.09. The molecule has 0 N–H and O–H groups in total. The first kappa shape index (κ1) is 13.3. The van der Waals surface area contributed by atoms with E-state index >= 15 is 0 Å². The lowest BCUT2D eigenvalue weighted by molar-refractivity contribution is 0.0311. The van der Waals surface area contributed by atoms with E-state index in [-0.39, 0.29) is 11.4 Å². The van der Waals surface area contributed by atoms with Gasteiger partial charge in [-0.15, -0.1) is 0 Å². The van der Waals surface area contributed by atoms with Gasteiger partial charge < -0.3 is 4.90 Å². The molecule has 0 spiro atoms. The zero-order chi connectivity index (χ0) is 13.3. The molecule has 0 radical (unpaired) electrons. The number of rotatable bonds is 1. The number of carbonyl (C=O) groups is 1. The lowest BCUT2D eigenvalue weighted by atomic mass is 9.99. The van der Waals surface area contributed by atoms with Gasteiger partial charge in [-0.2, -0.15) is 0 Å². The van der Waals surface area contributed by atoms with Crippen LogP contribution in [0.15, 0.2) is 18.3 Å². The zero-order valence-corrected chi connectivity index (χ0v) is 11.7. The molecule has 0 bridgehead atoms. The molecule has 1 aliphatic rings. The number of amides is 1. The van der Waals surface area contributed by atoms with E-state index in [0.29, 0.717) is 10.7 Å². The van der Waals surface area contributed by atoms with Gasteiger partial charge >= 0.3 is 0 Å². The van der Waals surface area contributed by atoms with Gasteiger partial charge in [0, 0.05) is 36.9 Å². The second-order valence-corrected chi connectivity index (χ2v) is 5.72. The Morgan fingerprint density at radius 3 is 2.78 bits per heavy atom. The first-order valence-electron chi connectivity index (χ1n) is 6.02. The van der Waals surface area contributed by atoms with E-state index in [9.17, 15) is 4.79 Å². The van der Waals surface area contributed by atoms with Gasteiger partial charge in [-0.1, -0.05) is 11.6 Å². The molecular weight excluding hydrogens is 250 g/mol. The van der Waals surface area contributed by atoms with Crippen LogP contribution in [0.2, 0.25) is 5.15 Å². The van der Waals surface area contributed by atoms with Crippen molar-refractivity contribution in [2.45, 2.75) is 19.4 Å². The van der Waals surface area contributed by atoms with Crippen LogP contribution < -0.4 is 0 Å². The van der Waals surface area contributed by atoms with Crippen LogP contribution in [0, 0.1) is 0 Å². The van der Waals surface area contributed by atoms with E-state index in [1.54, 1.807) is 18.3 Å². The molecule has 0 saturated carbocycles. The predicted molar refractivity (Wildman–Crippen MR) is 71.9 cm³/mol. The fourth-order valence-electron chi connectivity index (χ4n) is 2.13. The van der Waals surface area contributed by atoms with Crippen molar-refractivity contribution in [1.82, 2.24) is 14.8 Å². The Morgan fingerprint density at radius 1 is 1.44 bits per heavy atom. The van der Waals surface area contributed by atoms with Crippen molar-refractivity contribution < 1.29 is 4.79 Å². The van der Waals surface area contributed by atoms with Crippen molar-refractivity contribution in [2.24, 2.45) is 0 Å². The Kier molecular flexibility index (Phi) is 3.59. The molecule has 0 unspecified atom stereocenters. The molecule has 5 heteroatoms. The molecule has 1 saturated heterocycles. The van der Waals surface area contributed by atoms with Crippen LogP contribution in [0.25, 0.3) is 0 Å². The molecule has 1 amide bonds. The minimum atomic E-state index is 0.00470. The number of piperazine rings is 1. The van der Waals surface area contributed by atoms with Gasteiger partial charge in [-0.3, -0.25) is 9.69 Å². The largest absolute Gasteiger partial charge is 0.336 e. The Hall–Kier alpha value is -1.13. The first-order valence-corrected chi connectivity index (χ1v) is 6.40. The summed E-state index contributed by atoms with van der Waals surface area (Å²) in [5, 5.41) is 0.356. The van der Waals surface area contributed by atoms with Crippen LogP contribution in [0.3, 0.4) is 0 Å². The summed E-state index contributed by atoms with van der Waals surface area (Å²) in [6.45, 7) is 6.65. The molecule has 2 rings (SSSR count). The average Bonchev–Trinajstić information content (AvgIpc) is 2.31. The summed E-state index contributed by atoms with van der Waals surface area (Å²) in [5.41, 5.74) is 0.612. The van der Waals surface area contributed by atoms with Crippen LogP contribution in [0.1, 0.15) is 24.2 Å². The SMILES string of the molecule is CN1CCN(C(=O)c2ccnc(Cl)c2)CC1(C)C. The quantitative estimate of drug-likeness (QED) is 0.730. The standard InChI is InChI=1S/C13H18ClN3O/c1-13(2)9-17(7-6-16(13)3)12(18)10-4-5-15-11(14)8-10/h4-5,8H,6-7,9H2,1-3H3. The second kappa shape index (κ2) is 4.86. The van der Waals surface area contributed by atoms with Crippen molar-refractivity contribution >= 4 is 17.5 Å². The van der Waals surface area contributed by atoms with E-state index in [1.165, 1.54) is 0 Å². The van der Waals surface area contributed by atoms with Crippen molar-refractivity contribution in [3.05, 3.63) is 29.0 Å². The van der Waals surface area contributed by atoms with Gasteiger partial charge in [0.15, 0.2) is 0 Å². The molecule has 1 fully saturated rings. The lowest BCUT2D eigenvalue weighted by Gasteiger charge is -2.45. The highest BCUT2D eigenvalue weighted by molar-refractivity contribution is 6.29. The van der Waals surface area contributed by atoms with Gasteiger partial charge in [0.25, 0.3) is 5.91 Å². The molecule has 98 valence electrons. The number of aromatic nitrogens is 1. The van der Waals surface area contributed by atoms with E-state index in [0.717, 1.165) is 19.6 Å². The maximum atomic E-state index is 12.4. The fourth-order valence-corrected chi connectivity index (χ4v) is 2.31. The number of carbonyl (C=O) groups excluding carboxylic acids is 1. The molecule has 0 aliphatic carbocycles. The normalized spacial score (nSPS) is 19.9. The number of nitrogens with zero attached hydrogens (tertiary/aromatic N) is 3. The smallest absolute Gasteiger partial charge is 0.254 e. The van der Waals surface area contributed by atoms with Crippen LogP contribution in [0.4, 0.5) is 0 Å². The molecule has 1 aliphatic heterocycles. The van der Waals surface area contributed by atoms with Crippen LogP contribution in [0.5, 0.6) is 0 Å². The van der Waals surface area contributed by atoms with Gasteiger partial charge in [0.2, 0.25) is 0 Å². The highest BCUT2D eigenvalue weighted by atomic mass is 35.5. The minimum absolute atomic E-state index is 0.00470. The molecular formula is C13H18ClN3O. The van der Waals surface area contributed by atoms with E-state index < -0.39 is 0 Å². The minimum Gasteiger partial charge on any atom is -0.336 e. The van der Waals surface area contributed by atoms with Gasteiger partial charge in [-0.05, 0) is 33.0 Å².